The minimum Gasteiger partial charge on any atom is -0.338 e. The highest BCUT2D eigenvalue weighted by atomic mass is 32.1. The molecule has 24 heavy (non-hydrogen) atoms. The summed E-state index contributed by atoms with van der Waals surface area (Å²) in [7, 11) is 0. The smallest absolute Gasteiger partial charge is 0.253 e. The molecule has 1 aliphatic rings. The fourth-order valence-electron chi connectivity index (χ4n) is 3.31. The van der Waals surface area contributed by atoms with Gasteiger partial charge in [0.05, 0.1) is 15.2 Å². The van der Waals surface area contributed by atoms with Crippen LogP contribution in [0.25, 0.3) is 10.2 Å². The first-order valence-electron chi connectivity index (χ1n) is 8.42. The van der Waals surface area contributed by atoms with Crippen LogP contribution in [0.4, 0.5) is 0 Å². The van der Waals surface area contributed by atoms with E-state index in [2.05, 4.69) is 18.2 Å². The first-order chi connectivity index (χ1) is 11.7. The molecule has 3 nitrogen and oxygen atoms in total. The summed E-state index contributed by atoms with van der Waals surface area (Å²) in [5.41, 5.74) is 3.03. The van der Waals surface area contributed by atoms with E-state index in [9.17, 15) is 4.79 Å². The van der Waals surface area contributed by atoms with E-state index in [-0.39, 0.29) is 5.91 Å². The Kier molecular flexibility index (Phi) is 4.07. The Bertz CT molecular complexity index is 836. The van der Waals surface area contributed by atoms with Gasteiger partial charge in [-0.2, -0.15) is 0 Å². The fraction of sp³-hybridized carbons (Fsp3) is 0.300. The lowest BCUT2D eigenvalue weighted by Crippen LogP contribution is -2.39. The van der Waals surface area contributed by atoms with Crippen LogP contribution in [0.1, 0.15) is 39.7 Å². The number of benzene rings is 2. The van der Waals surface area contributed by atoms with Crippen molar-refractivity contribution < 1.29 is 4.79 Å². The zero-order valence-electron chi connectivity index (χ0n) is 13.7. The first-order valence-corrected chi connectivity index (χ1v) is 9.24. The van der Waals surface area contributed by atoms with Crippen LogP contribution in [-0.4, -0.2) is 28.9 Å². The maximum Gasteiger partial charge on any atom is 0.253 e. The predicted molar refractivity (Wildman–Crippen MR) is 98.7 cm³/mol. The number of aromatic nitrogens is 1. The summed E-state index contributed by atoms with van der Waals surface area (Å²) >= 11 is 1.77. The van der Waals surface area contributed by atoms with Gasteiger partial charge in [0, 0.05) is 24.6 Å². The molecule has 0 aliphatic carbocycles. The van der Waals surface area contributed by atoms with Crippen molar-refractivity contribution in [1.82, 2.24) is 9.88 Å². The molecule has 1 aliphatic heterocycles. The molecule has 122 valence electrons. The molecule has 0 spiro atoms. The Morgan fingerprint density at radius 2 is 1.96 bits per heavy atom. The number of fused-ring (bicyclic) bond motifs is 1. The number of carbonyl (C=O) groups excluding carboxylic acids is 1. The lowest BCUT2D eigenvalue weighted by molar-refractivity contribution is 0.0707. The lowest BCUT2D eigenvalue weighted by atomic mass is 9.98. The van der Waals surface area contributed by atoms with Crippen LogP contribution in [0.5, 0.6) is 0 Å². The molecule has 1 amide bonds. The van der Waals surface area contributed by atoms with Crippen molar-refractivity contribution in [2.24, 2.45) is 0 Å². The largest absolute Gasteiger partial charge is 0.338 e. The number of amides is 1. The number of nitrogens with zero attached hydrogens (tertiary/aromatic N) is 2. The van der Waals surface area contributed by atoms with Crippen molar-refractivity contribution in [1.29, 1.82) is 0 Å². The number of likely N-dealkylation sites (tertiary alicyclic amines) is 1. The van der Waals surface area contributed by atoms with Gasteiger partial charge in [0.2, 0.25) is 0 Å². The molecule has 3 aromatic rings. The molecule has 1 unspecified atom stereocenters. The van der Waals surface area contributed by atoms with Crippen LogP contribution < -0.4 is 0 Å². The van der Waals surface area contributed by atoms with Gasteiger partial charge in [0.25, 0.3) is 5.91 Å². The summed E-state index contributed by atoms with van der Waals surface area (Å²) in [5, 5.41) is 1.16. The van der Waals surface area contributed by atoms with Gasteiger partial charge in [0.15, 0.2) is 0 Å². The van der Waals surface area contributed by atoms with Crippen LogP contribution in [0.3, 0.4) is 0 Å². The molecule has 1 saturated heterocycles. The summed E-state index contributed by atoms with van der Waals surface area (Å²) in [6, 6.07) is 16.1. The van der Waals surface area contributed by atoms with Crippen LogP contribution in [0, 0.1) is 6.92 Å². The quantitative estimate of drug-likeness (QED) is 0.684. The van der Waals surface area contributed by atoms with Crippen LogP contribution in [0.2, 0.25) is 0 Å². The van der Waals surface area contributed by atoms with E-state index < -0.39 is 0 Å². The number of carbonyl (C=O) groups is 1. The Balaban J connectivity index is 1.54. The average Bonchev–Trinajstić information content (AvgIpc) is 3.06. The third kappa shape index (κ3) is 2.94. The number of thiazole rings is 1. The zero-order chi connectivity index (χ0) is 16.5. The van der Waals surface area contributed by atoms with Crippen molar-refractivity contribution in [3.05, 3.63) is 64.7 Å². The second-order valence-corrected chi connectivity index (χ2v) is 7.54. The number of rotatable bonds is 2. The Morgan fingerprint density at radius 3 is 2.75 bits per heavy atom. The minimum absolute atomic E-state index is 0.140. The predicted octanol–water partition coefficient (Wildman–Crippen LogP) is 4.62. The van der Waals surface area contributed by atoms with Gasteiger partial charge >= 0.3 is 0 Å². The number of hydrogen-bond acceptors (Lipinski definition) is 3. The molecule has 0 saturated carbocycles. The third-order valence-electron chi connectivity index (χ3n) is 4.67. The lowest BCUT2D eigenvalue weighted by Gasteiger charge is -2.32. The van der Waals surface area contributed by atoms with Gasteiger partial charge < -0.3 is 4.90 Å². The molecule has 1 aromatic heterocycles. The van der Waals surface area contributed by atoms with Gasteiger partial charge in [-0.3, -0.25) is 4.79 Å². The van der Waals surface area contributed by atoms with Gasteiger partial charge in [-0.05, 0) is 44.0 Å². The van der Waals surface area contributed by atoms with E-state index in [1.165, 1.54) is 10.3 Å². The molecule has 4 rings (SSSR count). The Hall–Kier alpha value is -2.20. The van der Waals surface area contributed by atoms with Gasteiger partial charge in [-0.15, -0.1) is 11.3 Å². The molecule has 0 bridgehead atoms. The van der Waals surface area contributed by atoms with E-state index in [0.717, 1.165) is 42.0 Å². The number of aryl methyl sites for hydroxylation is 1. The molecular weight excluding hydrogens is 316 g/mol. The van der Waals surface area contributed by atoms with Crippen molar-refractivity contribution in [3.63, 3.8) is 0 Å². The number of hydrogen-bond donors (Lipinski definition) is 0. The normalized spacial score (nSPS) is 18.0. The molecule has 4 heteroatoms. The molecule has 0 radical (unpaired) electrons. The van der Waals surface area contributed by atoms with E-state index >= 15 is 0 Å². The van der Waals surface area contributed by atoms with Crippen molar-refractivity contribution in [2.45, 2.75) is 25.7 Å². The first kappa shape index (κ1) is 15.3. The summed E-state index contributed by atoms with van der Waals surface area (Å²) in [6.07, 6.45) is 2.15. The van der Waals surface area contributed by atoms with Crippen LogP contribution in [-0.2, 0) is 0 Å². The summed E-state index contributed by atoms with van der Waals surface area (Å²) in [4.78, 5) is 19.6. The molecule has 1 atom stereocenters. The number of piperidine rings is 1. The van der Waals surface area contributed by atoms with E-state index in [1.54, 1.807) is 11.3 Å². The maximum atomic E-state index is 12.8. The van der Waals surface area contributed by atoms with Crippen LogP contribution >= 0.6 is 11.3 Å². The average molecular weight is 336 g/mol. The highest BCUT2D eigenvalue weighted by Gasteiger charge is 2.27. The maximum absolute atomic E-state index is 12.8. The second-order valence-electron chi connectivity index (χ2n) is 6.48. The Morgan fingerprint density at radius 1 is 1.17 bits per heavy atom. The van der Waals surface area contributed by atoms with Gasteiger partial charge in [-0.25, -0.2) is 4.98 Å². The molecule has 0 N–H and O–H groups in total. The van der Waals surface area contributed by atoms with Crippen molar-refractivity contribution >= 4 is 27.5 Å². The summed E-state index contributed by atoms with van der Waals surface area (Å²) < 4.78 is 1.23. The monoisotopic (exact) mass is 336 g/mol. The van der Waals surface area contributed by atoms with Gasteiger partial charge in [-0.1, -0.05) is 29.8 Å². The van der Waals surface area contributed by atoms with E-state index in [0.29, 0.717) is 5.92 Å². The van der Waals surface area contributed by atoms with E-state index in [1.807, 2.05) is 42.2 Å². The van der Waals surface area contributed by atoms with Crippen LogP contribution in [0.15, 0.2) is 48.5 Å². The fourth-order valence-corrected chi connectivity index (χ4v) is 4.40. The third-order valence-corrected chi connectivity index (χ3v) is 5.87. The topological polar surface area (TPSA) is 33.2 Å². The van der Waals surface area contributed by atoms with Crippen molar-refractivity contribution in [2.75, 3.05) is 13.1 Å². The molecule has 2 heterocycles. The standard InChI is InChI=1S/C20H20N2OS/c1-14-8-10-15(11-9-14)20(23)22-12-4-5-16(13-22)19-21-17-6-2-3-7-18(17)24-19/h2-3,6-11,16H,4-5,12-13H2,1H3. The second kappa shape index (κ2) is 6.36. The minimum atomic E-state index is 0.140. The van der Waals surface area contributed by atoms with Crippen molar-refractivity contribution in [3.8, 4) is 0 Å². The Labute approximate surface area is 146 Å². The summed E-state index contributed by atoms with van der Waals surface area (Å²) in [6.45, 7) is 3.65. The highest BCUT2D eigenvalue weighted by molar-refractivity contribution is 7.18. The summed E-state index contributed by atoms with van der Waals surface area (Å²) in [5.74, 6) is 0.492. The highest BCUT2D eigenvalue weighted by Crippen LogP contribution is 2.33. The SMILES string of the molecule is Cc1ccc(C(=O)N2CCCC(c3nc4ccccc4s3)C2)cc1. The molecular formula is C20H20N2OS. The molecule has 2 aromatic carbocycles. The zero-order valence-corrected chi connectivity index (χ0v) is 14.6. The van der Waals surface area contributed by atoms with E-state index in [4.69, 9.17) is 4.98 Å². The molecule has 1 fully saturated rings. The van der Waals surface area contributed by atoms with Gasteiger partial charge in [0.1, 0.15) is 0 Å². The number of para-hydroxylation sites is 1.